The van der Waals surface area contributed by atoms with Crippen LogP contribution in [0, 0.1) is 0 Å². The van der Waals surface area contributed by atoms with Gasteiger partial charge in [0.25, 0.3) is 0 Å². The second kappa shape index (κ2) is 20.8. The van der Waals surface area contributed by atoms with Gasteiger partial charge in [0.1, 0.15) is 22.3 Å². The van der Waals surface area contributed by atoms with Crippen LogP contribution in [0.3, 0.4) is 0 Å². The van der Waals surface area contributed by atoms with Crippen molar-refractivity contribution in [1.82, 2.24) is 9.13 Å². The minimum atomic E-state index is 0.889. The van der Waals surface area contributed by atoms with Gasteiger partial charge in [0, 0.05) is 99.7 Å². The van der Waals surface area contributed by atoms with Crippen LogP contribution in [0.4, 0.5) is 34.1 Å². The summed E-state index contributed by atoms with van der Waals surface area (Å²) < 4.78 is 17.8. The van der Waals surface area contributed by atoms with Crippen molar-refractivity contribution < 1.29 is 8.83 Å². The zero-order valence-corrected chi connectivity index (χ0v) is 48.8. The van der Waals surface area contributed by atoms with Gasteiger partial charge in [0.05, 0.1) is 22.1 Å². The number of benzene rings is 14. The maximum Gasteiger partial charge on any atom is 0.143 e. The number of rotatable bonds is 11. The van der Waals surface area contributed by atoms with Gasteiger partial charge in [-0.15, -0.1) is 0 Å². The highest BCUT2D eigenvalue weighted by Crippen LogP contribution is 2.44. The molecule has 18 rings (SSSR count). The topological polar surface area (TPSA) is 42.6 Å². The smallest absolute Gasteiger partial charge is 0.143 e. The molecule has 14 aromatic carbocycles. The fraction of sp³-hybridized carbons (Fsp3) is 0. The van der Waals surface area contributed by atoms with E-state index in [-0.39, 0.29) is 0 Å². The van der Waals surface area contributed by atoms with Gasteiger partial charge in [-0.25, -0.2) is 0 Å². The molecule has 18 aromatic rings. The molecule has 6 heteroatoms. The second-order valence-corrected chi connectivity index (χ2v) is 23.2. The van der Waals surface area contributed by atoms with Crippen molar-refractivity contribution in [3.05, 3.63) is 328 Å². The monoisotopic (exact) mass is 1150 g/mol. The van der Waals surface area contributed by atoms with Gasteiger partial charge in [-0.05, 0) is 156 Å². The van der Waals surface area contributed by atoms with Crippen molar-refractivity contribution in [2.45, 2.75) is 0 Å². The van der Waals surface area contributed by atoms with Crippen LogP contribution in [0.15, 0.2) is 336 Å². The van der Waals surface area contributed by atoms with Crippen molar-refractivity contribution in [1.29, 1.82) is 0 Å². The molecule has 0 saturated carbocycles. The number of para-hydroxylation sites is 8. The maximum atomic E-state index is 6.51. The molecule has 0 amide bonds. The van der Waals surface area contributed by atoms with E-state index >= 15 is 0 Å². The molecule has 0 radical (unpaired) electrons. The van der Waals surface area contributed by atoms with Gasteiger partial charge >= 0.3 is 0 Å². The van der Waals surface area contributed by atoms with E-state index in [1.54, 1.807) is 0 Å². The Morgan fingerprint density at radius 3 is 0.778 bits per heavy atom. The first-order valence-electron chi connectivity index (χ1n) is 30.6. The van der Waals surface area contributed by atoms with Crippen LogP contribution < -0.4 is 9.80 Å². The fourth-order valence-electron chi connectivity index (χ4n) is 13.9. The lowest BCUT2D eigenvalue weighted by Gasteiger charge is -2.27. The van der Waals surface area contributed by atoms with Gasteiger partial charge in [-0.1, -0.05) is 194 Å². The lowest BCUT2D eigenvalue weighted by atomic mass is 10.0. The highest BCUT2D eigenvalue weighted by molar-refractivity contribution is 6.12. The SMILES string of the molecule is c1ccc2c(c1)oc1c(-c3ccc(N(c4ccc(-c5ccc(N(c6ccc(-n7c8ccccc8c8ccccc87)cc6)c6ccc(-n7c8ccccc8c8ccccc87)cc6)cc5)cc4)c4ccc(-c5cccc6c5oc5ccccc56)cc4)cc3)cccc12. The summed E-state index contributed by atoms with van der Waals surface area (Å²) in [5, 5.41) is 9.44. The van der Waals surface area contributed by atoms with Gasteiger partial charge in [-0.3, -0.25) is 0 Å². The molecule has 0 atom stereocenters. The van der Waals surface area contributed by atoms with Gasteiger partial charge < -0.3 is 27.8 Å². The second-order valence-electron chi connectivity index (χ2n) is 23.2. The largest absolute Gasteiger partial charge is 0.455 e. The number of hydrogen-bond acceptors (Lipinski definition) is 4. The summed E-state index contributed by atoms with van der Waals surface area (Å²) in [6, 6.07) is 118. The Balaban J connectivity index is 0.702. The van der Waals surface area contributed by atoms with E-state index in [1.807, 2.05) is 24.3 Å². The summed E-state index contributed by atoms with van der Waals surface area (Å²) in [4.78, 5) is 4.70. The molecule has 0 spiro atoms. The molecule has 0 bridgehead atoms. The summed E-state index contributed by atoms with van der Waals surface area (Å²) in [5.74, 6) is 0. The third-order valence-corrected chi connectivity index (χ3v) is 18.2. The molecule has 6 nitrogen and oxygen atoms in total. The summed E-state index contributed by atoms with van der Waals surface area (Å²) in [6.07, 6.45) is 0. The van der Waals surface area contributed by atoms with E-state index in [2.05, 4.69) is 322 Å². The first-order chi connectivity index (χ1) is 44.6. The number of anilines is 6. The molecule has 0 saturated heterocycles. The summed E-state index contributed by atoms with van der Waals surface area (Å²) >= 11 is 0. The van der Waals surface area contributed by atoms with Gasteiger partial charge in [-0.2, -0.15) is 0 Å². The molecule has 422 valence electrons. The van der Waals surface area contributed by atoms with Crippen LogP contribution in [-0.4, -0.2) is 9.13 Å². The van der Waals surface area contributed by atoms with Crippen molar-refractivity contribution in [2.75, 3.05) is 9.80 Å². The van der Waals surface area contributed by atoms with E-state index in [9.17, 15) is 0 Å². The van der Waals surface area contributed by atoms with Crippen molar-refractivity contribution in [2.24, 2.45) is 0 Å². The highest BCUT2D eigenvalue weighted by Gasteiger charge is 2.21. The fourth-order valence-corrected chi connectivity index (χ4v) is 13.9. The van der Waals surface area contributed by atoms with E-state index in [4.69, 9.17) is 8.83 Å². The molecular formula is C84H54N4O2. The molecule has 0 aliphatic heterocycles. The Morgan fingerprint density at radius 2 is 0.456 bits per heavy atom. The lowest BCUT2D eigenvalue weighted by molar-refractivity contribution is 0.669. The first-order valence-corrected chi connectivity index (χ1v) is 30.6. The summed E-state index contributed by atoms with van der Waals surface area (Å²) in [5.41, 5.74) is 23.3. The molecule has 0 aliphatic carbocycles. The van der Waals surface area contributed by atoms with E-state index in [1.165, 1.54) is 43.6 Å². The number of hydrogen-bond donors (Lipinski definition) is 0. The normalized spacial score (nSPS) is 11.8. The van der Waals surface area contributed by atoms with Crippen LogP contribution in [-0.2, 0) is 0 Å². The predicted molar refractivity (Wildman–Crippen MR) is 375 cm³/mol. The average Bonchev–Trinajstić information content (AvgIpc) is 1.68. The van der Waals surface area contributed by atoms with Crippen molar-refractivity contribution in [3.63, 3.8) is 0 Å². The van der Waals surface area contributed by atoms with Crippen LogP contribution in [0.5, 0.6) is 0 Å². The Morgan fingerprint density at radius 1 is 0.200 bits per heavy atom. The standard InChI is InChI=1S/C84H54N4O2/c1-7-25-77-69(15-1)70-16-2-8-26-78(70)87(77)65-51-47-63(48-52-65)86(64-49-53-66(54-50-64)88-79-27-9-3-17-71(79)72-18-4-10-28-80(72)88)60-41-33-56(34-42-60)55-31-39-59(40-32-55)85(61-43-35-57(36-44-61)67-21-13-23-75-73-19-5-11-29-81(73)89-83(67)75)62-45-37-58(38-46-62)68-22-14-24-76-74-20-6-12-30-82(74)90-84(68)76/h1-54H. The van der Waals surface area contributed by atoms with Crippen LogP contribution in [0.25, 0.3) is 132 Å². The Hall–Kier alpha value is -12.1. The first kappa shape index (κ1) is 51.1. The Kier molecular flexibility index (Phi) is 11.8. The third-order valence-electron chi connectivity index (χ3n) is 18.2. The molecule has 0 N–H and O–H groups in total. The summed E-state index contributed by atoms with van der Waals surface area (Å²) in [6.45, 7) is 0. The zero-order chi connectivity index (χ0) is 59.2. The van der Waals surface area contributed by atoms with Crippen LogP contribution >= 0.6 is 0 Å². The predicted octanol–water partition coefficient (Wildman–Crippen LogP) is 23.6. The number of aromatic nitrogens is 2. The minimum absolute atomic E-state index is 0.889. The number of furan rings is 2. The summed E-state index contributed by atoms with van der Waals surface area (Å²) in [7, 11) is 0. The van der Waals surface area contributed by atoms with Crippen LogP contribution in [0.2, 0.25) is 0 Å². The zero-order valence-electron chi connectivity index (χ0n) is 48.8. The average molecular weight is 1150 g/mol. The van der Waals surface area contributed by atoms with E-state index < -0.39 is 0 Å². The molecular weight excluding hydrogens is 1100 g/mol. The minimum Gasteiger partial charge on any atom is -0.455 e. The van der Waals surface area contributed by atoms with E-state index in [0.717, 1.165) is 123 Å². The molecule has 0 unspecified atom stereocenters. The number of fused-ring (bicyclic) bond motifs is 12. The van der Waals surface area contributed by atoms with Crippen LogP contribution in [0.1, 0.15) is 0 Å². The van der Waals surface area contributed by atoms with Crippen molar-refractivity contribution in [3.8, 4) is 44.8 Å². The maximum absolute atomic E-state index is 6.51. The molecule has 4 heterocycles. The quantitative estimate of drug-likeness (QED) is 0.129. The lowest BCUT2D eigenvalue weighted by Crippen LogP contribution is -2.10. The highest BCUT2D eigenvalue weighted by atomic mass is 16.3. The molecule has 0 aliphatic rings. The van der Waals surface area contributed by atoms with Gasteiger partial charge in [0.2, 0.25) is 0 Å². The van der Waals surface area contributed by atoms with Crippen molar-refractivity contribution >= 4 is 122 Å². The molecule has 0 fully saturated rings. The third kappa shape index (κ3) is 8.34. The van der Waals surface area contributed by atoms with Gasteiger partial charge in [0.15, 0.2) is 0 Å². The van der Waals surface area contributed by atoms with E-state index in [0.29, 0.717) is 0 Å². The molecule has 90 heavy (non-hydrogen) atoms. The Bertz CT molecular complexity index is 5330. The number of nitrogens with zero attached hydrogens (tertiary/aromatic N) is 4. The Labute approximate surface area is 518 Å². The molecule has 4 aromatic heterocycles.